The SMILES string of the molecule is COC(=O)C1=C(CS(=O)(=O)c2ccc(OC)cc2)N=C(CC(=O)N2CCN(C)CC2)C(C(=O)OC)C1c1c(Cl)cccc1Cl. The highest BCUT2D eigenvalue weighted by molar-refractivity contribution is 7.91. The van der Waals surface area contributed by atoms with E-state index < -0.39 is 39.4 Å². The first-order valence-electron chi connectivity index (χ1n) is 13.7. The third-order valence-electron chi connectivity index (χ3n) is 7.70. The Labute approximate surface area is 266 Å². The number of likely N-dealkylation sites (N-methyl/N-ethyl adjacent to an activating group) is 1. The van der Waals surface area contributed by atoms with Gasteiger partial charge in [0.2, 0.25) is 5.91 Å². The molecule has 1 fully saturated rings. The molecule has 0 radical (unpaired) electrons. The molecule has 11 nitrogen and oxygen atoms in total. The Morgan fingerprint density at radius 1 is 0.932 bits per heavy atom. The Morgan fingerprint density at radius 3 is 2.09 bits per heavy atom. The molecule has 2 aromatic rings. The van der Waals surface area contributed by atoms with Gasteiger partial charge in [-0.25, -0.2) is 13.2 Å². The lowest BCUT2D eigenvalue weighted by Gasteiger charge is -2.35. The van der Waals surface area contributed by atoms with E-state index in [0.29, 0.717) is 31.9 Å². The minimum Gasteiger partial charge on any atom is -0.497 e. The molecule has 4 rings (SSSR count). The van der Waals surface area contributed by atoms with Crippen molar-refractivity contribution in [1.29, 1.82) is 0 Å². The second-order valence-corrected chi connectivity index (χ2v) is 13.2. The van der Waals surface area contributed by atoms with Crippen molar-refractivity contribution in [2.75, 3.05) is 60.3 Å². The van der Waals surface area contributed by atoms with Crippen LogP contribution in [0.3, 0.4) is 0 Å². The van der Waals surface area contributed by atoms with E-state index in [1.54, 1.807) is 11.0 Å². The normalized spacial score (nSPS) is 19.3. The molecule has 2 aliphatic heterocycles. The van der Waals surface area contributed by atoms with Crippen LogP contribution in [0.5, 0.6) is 5.75 Å². The lowest BCUT2D eigenvalue weighted by atomic mass is 9.74. The number of hydrogen-bond donors (Lipinski definition) is 0. The largest absolute Gasteiger partial charge is 0.497 e. The maximum Gasteiger partial charge on any atom is 0.336 e. The smallest absolute Gasteiger partial charge is 0.336 e. The van der Waals surface area contributed by atoms with E-state index in [4.69, 9.17) is 37.4 Å². The van der Waals surface area contributed by atoms with Crippen molar-refractivity contribution < 1.29 is 37.0 Å². The molecule has 236 valence electrons. The van der Waals surface area contributed by atoms with Crippen molar-refractivity contribution in [3.8, 4) is 5.75 Å². The van der Waals surface area contributed by atoms with Gasteiger partial charge in [-0.2, -0.15) is 0 Å². The van der Waals surface area contributed by atoms with Gasteiger partial charge < -0.3 is 24.0 Å². The first-order valence-corrected chi connectivity index (χ1v) is 16.1. The van der Waals surface area contributed by atoms with E-state index in [-0.39, 0.29) is 49.8 Å². The van der Waals surface area contributed by atoms with Crippen LogP contribution in [0.1, 0.15) is 17.9 Å². The van der Waals surface area contributed by atoms with Gasteiger partial charge in [-0.1, -0.05) is 29.3 Å². The molecule has 0 spiro atoms. The Kier molecular flexibility index (Phi) is 10.7. The second kappa shape index (κ2) is 14.1. The van der Waals surface area contributed by atoms with Crippen LogP contribution in [0.2, 0.25) is 10.0 Å². The number of sulfone groups is 1. The van der Waals surface area contributed by atoms with Crippen LogP contribution in [0, 0.1) is 5.92 Å². The lowest BCUT2D eigenvalue weighted by Crippen LogP contribution is -2.48. The van der Waals surface area contributed by atoms with Crippen molar-refractivity contribution in [3.63, 3.8) is 0 Å². The number of carbonyl (C=O) groups excluding carboxylic acids is 3. The van der Waals surface area contributed by atoms with Gasteiger partial charge in [0.15, 0.2) is 9.84 Å². The minimum atomic E-state index is -4.12. The molecule has 1 saturated heterocycles. The summed E-state index contributed by atoms with van der Waals surface area (Å²) in [4.78, 5) is 48.7. The van der Waals surface area contributed by atoms with Gasteiger partial charge >= 0.3 is 11.9 Å². The molecule has 2 aromatic carbocycles. The highest BCUT2D eigenvalue weighted by Crippen LogP contribution is 2.46. The van der Waals surface area contributed by atoms with Gasteiger partial charge in [0.25, 0.3) is 0 Å². The van der Waals surface area contributed by atoms with Crippen molar-refractivity contribution >= 4 is 56.6 Å². The average molecular weight is 667 g/mol. The molecule has 0 saturated carbocycles. The Morgan fingerprint density at radius 2 is 1.55 bits per heavy atom. The van der Waals surface area contributed by atoms with Crippen molar-refractivity contribution in [2.24, 2.45) is 10.9 Å². The number of piperazine rings is 1. The van der Waals surface area contributed by atoms with Gasteiger partial charge in [-0.15, -0.1) is 0 Å². The number of carbonyl (C=O) groups is 3. The fourth-order valence-electron chi connectivity index (χ4n) is 5.34. The first kappa shape index (κ1) is 33.4. The fourth-order valence-corrected chi connectivity index (χ4v) is 7.27. The van der Waals surface area contributed by atoms with Crippen LogP contribution in [-0.4, -0.2) is 102 Å². The summed E-state index contributed by atoms with van der Waals surface area (Å²) in [5.74, 6) is -4.97. The number of halogens is 2. The Bertz CT molecular complexity index is 1580. The van der Waals surface area contributed by atoms with E-state index in [9.17, 15) is 22.8 Å². The number of hydrogen-bond acceptors (Lipinski definition) is 10. The molecule has 2 heterocycles. The van der Waals surface area contributed by atoms with Crippen LogP contribution in [0.15, 0.2) is 63.6 Å². The molecule has 44 heavy (non-hydrogen) atoms. The van der Waals surface area contributed by atoms with Gasteiger partial charge in [-0.3, -0.25) is 14.6 Å². The van der Waals surface area contributed by atoms with Gasteiger partial charge in [-0.05, 0) is 49.0 Å². The van der Waals surface area contributed by atoms with Crippen molar-refractivity contribution in [1.82, 2.24) is 9.80 Å². The molecule has 0 bridgehead atoms. The van der Waals surface area contributed by atoms with Gasteiger partial charge in [0.05, 0.1) is 49.7 Å². The molecule has 14 heteroatoms. The summed E-state index contributed by atoms with van der Waals surface area (Å²) >= 11 is 13.2. The molecule has 0 aliphatic carbocycles. The zero-order valence-corrected chi connectivity index (χ0v) is 27.0. The van der Waals surface area contributed by atoms with Crippen LogP contribution < -0.4 is 4.74 Å². The minimum absolute atomic E-state index is 0.0225. The second-order valence-electron chi connectivity index (χ2n) is 10.4. The highest BCUT2D eigenvalue weighted by atomic mass is 35.5. The van der Waals surface area contributed by atoms with Crippen LogP contribution >= 0.6 is 23.2 Å². The highest BCUT2D eigenvalue weighted by Gasteiger charge is 2.47. The molecule has 2 aliphatic rings. The molecular formula is C30H33Cl2N3O8S. The lowest BCUT2D eigenvalue weighted by molar-refractivity contribution is -0.143. The van der Waals surface area contributed by atoms with Gasteiger partial charge in [0.1, 0.15) is 11.7 Å². The summed E-state index contributed by atoms with van der Waals surface area (Å²) in [5, 5.41) is 0.226. The third kappa shape index (κ3) is 7.09. The number of amides is 1. The maximum atomic E-state index is 13.7. The molecule has 1 amide bonds. The predicted molar refractivity (Wildman–Crippen MR) is 165 cm³/mol. The summed E-state index contributed by atoms with van der Waals surface area (Å²) in [5.41, 5.74) is -0.236. The maximum absolute atomic E-state index is 13.7. The van der Waals surface area contributed by atoms with Gasteiger partial charge in [0, 0.05) is 47.9 Å². The monoisotopic (exact) mass is 665 g/mol. The summed E-state index contributed by atoms with van der Waals surface area (Å²) in [6.07, 6.45) is -0.331. The Hall–Kier alpha value is -3.45. The number of methoxy groups -OCH3 is 3. The standard InChI is InChI=1S/C30H33Cl2N3O8S/c1-34-12-14-35(15-13-34)24(36)16-22-26(29(37)42-3)28(25-20(31)6-5-7-21(25)32)27(30(38)43-4)23(33-22)17-44(39,40)19-10-8-18(41-2)9-11-19/h5-11,26,28H,12-17H2,1-4H3. The quantitative estimate of drug-likeness (QED) is 0.370. The number of aliphatic imine (C=N–C) groups is 1. The summed E-state index contributed by atoms with van der Waals surface area (Å²) in [6.45, 7) is 2.25. The number of ether oxygens (including phenoxy) is 3. The summed E-state index contributed by atoms with van der Waals surface area (Å²) < 4.78 is 42.8. The Balaban J connectivity index is 1.93. The number of esters is 2. The number of nitrogens with zero attached hydrogens (tertiary/aromatic N) is 3. The molecule has 0 aromatic heterocycles. The van der Waals surface area contributed by atoms with Crippen molar-refractivity contribution in [3.05, 3.63) is 69.3 Å². The third-order valence-corrected chi connectivity index (χ3v) is 10.0. The summed E-state index contributed by atoms with van der Waals surface area (Å²) in [6, 6.07) is 10.4. The first-order chi connectivity index (χ1) is 20.9. The van der Waals surface area contributed by atoms with Crippen LogP contribution in [0.4, 0.5) is 0 Å². The molecule has 0 N–H and O–H groups in total. The summed E-state index contributed by atoms with van der Waals surface area (Å²) in [7, 11) is 1.58. The van der Waals surface area contributed by atoms with E-state index >= 15 is 0 Å². The molecule has 2 unspecified atom stereocenters. The van der Waals surface area contributed by atoms with E-state index in [0.717, 1.165) is 7.11 Å². The number of benzene rings is 2. The van der Waals surface area contributed by atoms with Crippen molar-refractivity contribution in [2.45, 2.75) is 17.2 Å². The topological polar surface area (TPSA) is 132 Å². The average Bonchev–Trinajstić information content (AvgIpc) is 3.00. The fraction of sp³-hybridized carbons (Fsp3) is 0.400. The van der Waals surface area contributed by atoms with Crippen LogP contribution in [-0.2, 0) is 33.7 Å². The molecule has 2 atom stereocenters. The van der Waals surface area contributed by atoms with Crippen LogP contribution in [0.25, 0.3) is 0 Å². The number of rotatable bonds is 9. The van der Waals surface area contributed by atoms with E-state index in [2.05, 4.69) is 9.89 Å². The zero-order chi connectivity index (χ0) is 32.2. The predicted octanol–water partition coefficient (Wildman–Crippen LogP) is 3.39. The van der Waals surface area contributed by atoms with E-state index in [1.807, 2.05) is 7.05 Å². The zero-order valence-electron chi connectivity index (χ0n) is 24.7. The van der Waals surface area contributed by atoms with E-state index in [1.165, 1.54) is 50.6 Å². The molecular weight excluding hydrogens is 633 g/mol.